The molecule has 2 nitrogen and oxygen atoms in total. The Morgan fingerprint density at radius 3 is 2.83 bits per heavy atom. The molecule has 1 aromatic heterocycles. The minimum Gasteiger partial charge on any atom is -0.310 e. The SMILES string of the molecule is Cc1cccc(-c2cnc(CNCCc3ccccc3F)s2)c1. The van der Waals surface area contributed by atoms with Crippen molar-refractivity contribution < 1.29 is 4.39 Å². The van der Waals surface area contributed by atoms with Crippen LogP contribution in [0.3, 0.4) is 0 Å². The van der Waals surface area contributed by atoms with Crippen molar-refractivity contribution in [3.63, 3.8) is 0 Å². The molecular formula is C19H19FN2S. The molecule has 118 valence electrons. The van der Waals surface area contributed by atoms with Gasteiger partial charge in [0.05, 0.1) is 4.88 Å². The summed E-state index contributed by atoms with van der Waals surface area (Å²) in [4.78, 5) is 5.65. The minimum atomic E-state index is -0.134. The van der Waals surface area contributed by atoms with E-state index in [2.05, 4.69) is 41.5 Å². The van der Waals surface area contributed by atoms with Gasteiger partial charge in [-0.05, 0) is 37.1 Å². The third-order valence-electron chi connectivity index (χ3n) is 3.66. The van der Waals surface area contributed by atoms with Crippen LogP contribution in [0.4, 0.5) is 4.39 Å². The standard InChI is InChI=1S/C19H19FN2S/c1-14-5-4-7-16(11-14)18-12-22-19(23-18)13-21-10-9-15-6-2-3-8-17(15)20/h2-8,11-12,21H,9-10,13H2,1H3. The summed E-state index contributed by atoms with van der Waals surface area (Å²) < 4.78 is 13.5. The van der Waals surface area contributed by atoms with Crippen molar-refractivity contribution in [2.24, 2.45) is 0 Å². The van der Waals surface area contributed by atoms with Crippen LogP contribution >= 0.6 is 11.3 Å². The lowest BCUT2D eigenvalue weighted by molar-refractivity contribution is 0.597. The molecular weight excluding hydrogens is 307 g/mol. The van der Waals surface area contributed by atoms with Crippen LogP contribution in [0.2, 0.25) is 0 Å². The van der Waals surface area contributed by atoms with Gasteiger partial charge < -0.3 is 5.32 Å². The Hall–Kier alpha value is -2.04. The fraction of sp³-hybridized carbons (Fsp3) is 0.211. The van der Waals surface area contributed by atoms with E-state index in [1.54, 1.807) is 17.4 Å². The zero-order valence-corrected chi connectivity index (χ0v) is 13.9. The van der Waals surface area contributed by atoms with Crippen LogP contribution in [0, 0.1) is 12.7 Å². The second-order valence-electron chi connectivity index (χ2n) is 5.51. The average Bonchev–Trinajstić information content (AvgIpc) is 3.02. The van der Waals surface area contributed by atoms with Crippen molar-refractivity contribution in [1.82, 2.24) is 10.3 Å². The van der Waals surface area contributed by atoms with E-state index < -0.39 is 0 Å². The third-order valence-corrected chi connectivity index (χ3v) is 4.71. The van der Waals surface area contributed by atoms with Crippen LogP contribution in [0.25, 0.3) is 10.4 Å². The fourth-order valence-electron chi connectivity index (χ4n) is 2.44. The smallest absolute Gasteiger partial charge is 0.126 e. The second kappa shape index (κ2) is 7.49. The van der Waals surface area contributed by atoms with Gasteiger partial charge in [0.25, 0.3) is 0 Å². The largest absolute Gasteiger partial charge is 0.310 e. The highest BCUT2D eigenvalue weighted by Gasteiger charge is 2.05. The molecule has 23 heavy (non-hydrogen) atoms. The van der Waals surface area contributed by atoms with E-state index in [-0.39, 0.29) is 5.82 Å². The first-order valence-electron chi connectivity index (χ1n) is 7.68. The van der Waals surface area contributed by atoms with Crippen molar-refractivity contribution in [2.75, 3.05) is 6.54 Å². The Balaban J connectivity index is 1.53. The lowest BCUT2D eigenvalue weighted by Gasteiger charge is -2.04. The van der Waals surface area contributed by atoms with E-state index in [0.29, 0.717) is 13.0 Å². The lowest BCUT2D eigenvalue weighted by atomic mass is 10.1. The number of nitrogens with zero attached hydrogens (tertiary/aromatic N) is 1. The van der Waals surface area contributed by atoms with Crippen LogP contribution in [0.1, 0.15) is 16.1 Å². The Bertz CT molecular complexity index is 782. The van der Waals surface area contributed by atoms with E-state index in [9.17, 15) is 4.39 Å². The van der Waals surface area contributed by atoms with Gasteiger partial charge in [-0.15, -0.1) is 11.3 Å². The van der Waals surface area contributed by atoms with Crippen LogP contribution in [-0.4, -0.2) is 11.5 Å². The highest BCUT2D eigenvalue weighted by Crippen LogP contribution is 2.26. The maximum Gasteiger partial charge on any atom is 0.126 e. The van der Waals surface area contributed by atoms with Crippen molar-refractivity contribution in [1.29, 1.82) is 0 Å². The molecule has 3 aromatic rings. The number of nitrogens with one attached hydrogen (secondary N) is 1. The van der Waals surface area contributed by atoms with Crippen molar-refractivity contribution >= 4 is 11.3 Å². The molecule has 0 aliphatic carbocycles. The molecule has 4 heteroatoms. The molecule has 0 atom stereocenters. The van der Waals surface area contributed by atoms with Gasteiger partial charge in [-0.2, -0.15) is 0 Å². The maximum absolute atomic E-state index is 13.5. The van der Waals surface area contributed by atoms with Crippen LogP contribution in [-0.2, 0) is 13.0 Å². The quantitative estimate of drug-likeness (QED) is 0.670. The number of hydrogen-bond acceptors (Lipinski definition) is 3. The number of rotatable bonds is 6. The van der Waals surface area contributed by atoms with Gasteiger partial charge in [-0.3, -0.25) is 0 Å². The molecule has 0 fully saturated rings. The predicted molar refractivity (Wildman–Crippen MR) is 94.1 cm³/mol. The molecule has 3 rings (SSSR count). The summed E-state index contributed by atoms with van der Waals surface area (Å²) in [6, 6.07) is 15.4. The zero-order chi connectivity index (χ0) is 16.1. The van der Waals surface area contributed by atoms with Gasteiger partial charge in [-0.1, -0.05) is 48.0 Å². The molecule has 1 N–H and O–H groups in total. The number of halogens is 1. The predicted octanol–water partition coefficient (Wildman–Crippen LogP) is 4.59. The highest BCUT2D eigenvalue weighted by molar-refractivity contribution is 7.15. The van der Waals surface area contributed by atoms with Crippen molar-refractivity contribution in [3.8, 4) is 10.4 Å². The van der Waals surface area contributed by atoms with Gasteiger partial charge in [-0.25, -0.2) is 9.37 Å². The molecule has 0 saturated carbocycles. The van der Waals surface area contributed by atoms with Gasteiger partial charge >= 0.3 is 0 Å². The van der Waals surface area contributed by atoms with Crippen LogP contribution in [0.15, 0.2) is 54.7 Å². The van der Waals surface area contributed by atoms with Gasteiger partial charge in [0.15, 0.2) is 0 Å². The van der Waals surface area contributed by atoms with E-state index in [0.717, 1.165) is 17.1 Å². The minimum absolute atomic E-state index is 0.134. The summed E-state index contributed by atoms with van der Waals surface area (Å²) in [5, 5.41) is 4.39. The first kappa shape index (κ1) is 15.8. The number of aryl methyl sites for hydroxylation is 1. The topological polar surface area (TPSA) is 24.9 Å². The zero-order valence-electron chi connectivity index (χ0n) is 13.1. The normalized spacial score (nSPS) is 10.9. The number of thiazole rings is 1. The van der Waals surface area contributed by atoms with Crippen LogP contribution in [0.5, 0.6) is 0 Å². The van der Waals surface area contributed by atoms with Gasteiger partial charge in [0.2, 0.25) is 0 Å². The molecule has 0 spiro atoms. The molecule has 0 aliphatic rings. The van der Waals surface area contributed by atoms with E-state index in [4.69, 9.17) is 0 Å². The first-order chi connectivity index (χ1) is 11.2. The number of hydrogen-bond donors (Lipinski definition) is 1. The molecule has 0 aliphatic heterocycles. The number of aromatic nitrogens is 1. The van der Waals surface area contributed by atoms with Crippen molar-refractivity contribution in [3.05, 3.63) is 76.7 Å². The van der Waals surface area contributed by atoms with E-state index in [1.165, 1.54) is 22.1 Å². The Labute approximate surface area is 140 Å². The Morgan fingerprint density at radius 1 is 1.13 bits per heavy atom. The molecule has 0 bridgehead atoms. The maximum atomic E-state index is 13.5. The molecule has 2 aromatic carbocycles. The molecule has 0 saturated heterocycles. The molecule has 0 unspecified atom stereocenters. The summed E-state index contributed by atoms with van der Waals surface area (Å²) >= 11 is 1.70. The third kappa shape index (κ3) is 4.24. The summed E-state index contributed by atoms with van der Waals surface area (Å²) in [5.41, 5.74) is 3.21. The molecule has 0 radical (unpaired) electrons. The summed E-state index contributed by atoms with van der Waals surface area (Å²) in [5.74, 6) is -0.134. The van der Waals surface area contributed by atoms with Gasteiger partial charge in [0.1, 0.15) is 10.8 Å². The molecule has 1 heterocycles. The van der Waals surface area contributed by atoms with E-state index >= 15 is 0 Å². The van der Waals surface area contributed by atoms with Crippen LogP contribution < -0.4 is 5.32 Å². The summed E-state index contributed by atoms with van der Waals surface area (Å²) in [6.45, 7) is 3.54. The van der Waals surface area contributed by atoms with Crippen molar-refractivity contribution in [2.45, 2.75) is 19.9 Å². The summed E-state index contributed by atoms with van der Waals surface area (Å²) in [6.07, 6.45) is 2.61. The monoisotopic (exact) mass is 326 g/mol. The fourth-order valence-corrected chi connectivity index (χ4v) is 3.33. The Kier molecular flexibility index (Phi) is 5.16. The Morgan fingerprint density at radius 2 is 2.00 bits per heavy atom. The van der Waals surface area contributed by atoms with E-state index in [1.807, 2.05) is 18.3 Å². The lowest BCUT2D eigenvalue weighted by Crippen LogP contribution is -2.16. The average molecular weight is 326 g/mol. The van der Waals surface area contributed by atoms with Gasteiger partial charge in [0, 0.05) is 12.7 Å². The second-order valence-corrected chi connectivity index (χ2v) is 6.62. The molecule has 0 amide bonds. The number of benzene rings is 2. The summed E-state index contributed by atoms with van der Waals surface area (Å²) in [7, 11) is 0. The highest BCUT2D eigenvalue weighted by atomic mass is 32.1. The first-order valence-corrected chi connectivity index (χ1v) is 8.50.